The van der Waals surface area contributed by atoms with Gasteiger partial charge in [0.25, 0.3) is 11.6 Å². The molecule has 2 aliphatic rings. The molecule has 180 valence electrons. The maximum absolute atomic E-state index is 14.3. The molecule has 0 atom stereocenters. The van der Waals surface area contributed by atoms with Crippen LogP contribution in [0.2, 0.25) is 10.0 Å². The molecule has 0 bridgehead atoms. The van der Waals surface area contributed by atoms with E-state index in [1.807, 2.05) is 24.3 Å². The third-order valence-corrected chi connectivity index (χ3v) is 7.58. The molecule has 2 aliphatic heterocycles. The van der Waals surface area contributed by atoms with Crippen molar-refractivity contribution in [3.05, 3.63) is 103 Å². The fourth-order valence-corrected chi connectivity index (χ4v) is 5.62. The number of hydrogen-bond acceptors (Lipinski definition) is 4. The largest absolute Gasteiger partial charge is 0.307 e. The van der Waals surface area contributed by atoms with Crippen LogP contribution in [0.25, 0.3) is 0 Å². The number of nitro benzene ring substituents is 1. The van der Waals surface area contributed by atoms with Crippen LogP contribution in [0.15, 0.2) is 60.7 Å². The molecular weight excluding hydrogens is 492 g/mol. The summed E-state index contributed by atoms with van der Waals surface area (Å²) in [5, 5.41) is 12.0. The van der Waals surface area contributed by atoms with Gasteiger partial charge in [0.2, 0.25) is 0 Å². The molecule has 0 saturated carbocycles. The highest BCUT2D eigenvalue weighted by Gasteiger charge is 2.46. The van der Waals surface area contributed by atoms with E-state index in [0.29, 0.717) is 17.3 Å². The molecule has 1 spiro atoms. The number of piperidine rings is 1. The van der Waals surface area contributed by atoms with E-state index in [9.17, 15) is 19.3 Å². The van der Waals surface area contributed by atoms with Crippen LogP contribution in [0.3, 0.4) is 0 Å². The Kier molecular flexibility index (Phi) is 6.25. The molecule has 1 amide bonds. The number of fused-ring (bicyclic) bond motifs is 2. The van der Waals surface area contributed by atoms with E-state index >= 15 is 0 Å². The van der Waals surface area contributed by atoms with Crippen LogP contribution < -0.4 is 4.90 Å². The Labute approximate surface area is 212 Å². The maximum atomic E-state index is 14.3. The molecule has 0 aliphatic carbocycles. The molecule has 1 saturated heterocycles. The van der Waals surface area contributed by atoms with Gasteiger partial charge in [0, 0.05) is 40.8 Å². The number of carbonyl (C=O) groups excluding carboxylic acids is 1. The first-order valence-electron chi connectivity index (χ1n) is 11.3. The number of rotatable bonds is 4. The average Bonchev–Trinajstić information content (AvgIpc) is 3.13. The normalized spacial score (nSPS) is 16.9. The number of nitro groups is 1. The van der Waals surface area contributed by atoms with Crippen molar-refractivity contribution in [2.45, 2.75) is 24.8 Å². The Hall–Kier alpha value is -3.00. The number of nitrogens with zero attached hydrogens (tertiary/aromatic N) is 3. The van der Waals surface area contributed by atoms with Crippen LogP contribution in [0.4, 0.5) is 15.8 Å². The highest BCUT2D eigenvalue weighted by atomic mass is 35.5. The molecule has 3 aromatic carbocycles. The van der Waals surface area contributed by atoms with Gasteiger partial charge in [0.05, 0.1) is 4.92 Å². The van der Waals surface area contributed by atoms with Crippen molar-refractivity contribution >= 4 is 40.5 Å². The van der Waals surface area contributed by atoms with E-state index in [1.165, 1.54) is 30.3 Å². The third kappa shape index (κ3) is 4.51. The van der Waals surface area contributed by atoms with E-state index in [4.69, 9.17) is 23.2 Å². The lowest BCUT2D eigenvalue weighted by molar-refractivity contribution is -0.384. The van der Waals surface area contributed by atoms with Crippen molar-refractivity contribution in [2.24, 2.45) is 0 Å². The summed E-state index contributed by atoms with van der Waals surface area (Å²) < 4.78 is 14.3. The van der Waals surface area contributed by atoms with Crippen LogP contribution in [0.5, 0.6) is 0 Å². The molecule has 0 aromatic heterocycles. The summed E-state index contributed by atoms with van der Waals surface area (Å²) in [7, 11) is 0. The minimum Gasteiger partial charge on any atom is -0.307 e. The third-order valence-electron chi connectivity index (χ3n) is 7.02. The van der Waals surface area contributed by atoms with E-state index in [2.05, 4.69) is 4.90 Å². The predicted octanol–water partition coefficient (Wildman–Crippen LogP) is 6.23. The Morgan fingerprint density at radius 1 is 1.06 bits per heavy atom. The zero-order chi connectivity index (χ0) is 24.7. The van der Waals surface area contributed by atoms with Crippen molar-refractivity contribution in [1.82, 2.24) is 4.90 Å². The minimum absolute atomic E-state index is 0.0287. The van der Waals surface area contributed by atoms with Crippen LogP contribution in [-0.4, -0.2) is 35.4 Å². The molecule has 9 heteroatoms. The van der Waals surface area contributed by atoms with Gasteiger partial charge in [-0.05, 0) is 79.5 Å². The molecule has 0 radical (unpaired) electrons. The maximum Gasteiger partial charge on any atom is 0.288 e. The van der Waals surface area contributed by atoms with Crippen LogP contribution in [0.1, 0.15) is 34.3 Å². The van der Waals surface area contributed by atoms with E-state index in [0.717, 1.165) is 43.6 Å². The number of anilines is 1. The second kappa shape index (κ2) is 9.22. The number of hydrogen-bond donors (Lipinski definition) is 0. The van der Waals surface area contributed by atoms with Gasteiger partial charge in [-0.15, -0.1) is 0 Å². The molecule has 6 nitrogen and oxygen atoms in total. The van der Waals surface area contributed by atoms with E-state index in [1.54, 1.807) is 11.0 Å². The highest BCUT2D eigenvalue weighted by Crippen LogP contribution is 2.48. The molecular formula is C26H22Cl2FN3O3. The summed E-state index contributed by atoms with van der Waals surface area (Å²) >= 11 is 12.1. The number of halogens is 3. The van der Waals surface area contributed by atoms with Crippen LogP contribution in [0, 0.1) is 15.9 Å². The van der Waals surface area contributed by atoms with Gasteiger partial charge < -0.3 is 4.90 Å². The fraction of sp³-hybridized carbons (Fsp3) is 0.269. The summed E-state index contributed by atoms with van der Waals surface area (Å²) in [4.78, 5) is 28.2. The molecule has 5 rings (SSSR count). The second-order valence-corrected chi connectivity index (χ2v) is 10.0. The van der Waals surface area contributed by atoms with Gasteiger partial charge >= 0.3 is 0 Å². The van der Waals surface area contributed by atoms with E-state index in [-0.39, 0.29) is 33.4 Å². The van der Waals surface area contributed by atoms with Crippen LogP contribution >= 0.6 is 23.2 Å². The molecule has 3 aromatic rings. The monoisotopic (exact) mass is 513 g/mol. The van der Waals surface area contributed by atoms with Gasteiger partial charge in [-0.25, -0.2) is 4.39 Å². The summed E-state index contributed by atoms with van der Waals surface area (Å²) in [6, 6.07) is 16.3. The number of carbonyl (C=O) groups is 1. The van der Waals surface area contributed by atoms with Crippen molar-refractivity contribution in [1.29, 1.82) is 0 Å². The summed E-state index contributed by atoms with van der Waals surface area (Å²) in [6.45, 7) is 2.74. The summed E-state index contributed by atoms with van der Waals surface area (Å²) in [5.74, 6) is -0.711. The molecule has 2 heterocycles. The minimum atomic E-state index is -0.608. The van der Waals surface area contributed by atoms with Gasteiger partial charge in [-0.2, -0.15) is 0 Å². The van der Waals surface area contributed by atoms with Crippen molar-refractivity contribution in [3.63, 3.8) is 0 Å². The molecule has 0 unspecified atom stereocenters. The zero-order valence-electron chi connectivity index (χ0n) is 18.7. The molecule has 1 fully saturated rings. The Balaban J connectivity index is 1.40. The lowest BCUT2D eigenvalue weighted by atomic mass is 9.74. The fourth-order valence-electron chi connectivity index (χ4n) is 5.22. The van der Waals surface area contributed by atoms with Crippen LogP contribution in [-0.2, 0) is 12.0 Å². The highest BCUT2D eigenvalue weighted by molar-refractivity contribution is 6.32. The molecule has 35 heavy (non-hydrogen) atoms. The second-order valence-electron chi connectivity index (χ2n) is 9.16. The first-order chi connectivity index (χ1) is 16.8. The van der Waals surface area contributed by atoms with Gasteiger partial charge in [-0.1, -0.05) is 35.3 Å². The first kappa shape index (κ1) is 23.7. The van der Waals surface area contributed by atoms with Crippen molar-refractivity contribution in [3.8, 4) is 0 Å². The Morgan fingerprint density at radius 3 is 2.54 bits per heavy atom. The summed E-state index contributed by atoms with van der Waals surface area (Å²) in [6.07, 6.45) is 1.52. The van der Waals surface area contributed by atoms with Crippen molar-refractivity contribution < 1.29 is 14.1 Å². The number of likely N-dealkylation sites (tertiary alicyclic amines) is 1. The standard InChI is InChI=1S/C26H22Cl2FN3O3/c27-19-3-1-2-17(12-19)15-30-10-8-26(9-11-30)16-31(23-7-5-20(29)14-21(23)26)25(33)18-4-6-22(28)24(13-18)32(34)35/h1-7,12-14H,8-11,15-16H2. The van der Waals surface area contributed by atoms with Gasteiger partial charge in [0.15, 0.2) is 0 Å². The SMILES string of the molecule is O=C(c1ccc(Cl)c([N+](=O)[O-])c1)N1CC2(CCN(Cc3cccc(Cl)c3)CC2)c2cc(F)ccc21. The van der Waals surface area contributed by atoms with Gasteiger partial charge in [0.1, 0.15) is 10.8 Å². The lowest BCUT2D eigenvalue weighted by Crippen LogP contribution is -2.45. The smallest absolute Gasteiger partial charge is 0.288 e. The van der Waals surface area contributed by atoms with E-state index < -0.39 is 4.92 Å². The quantitative estimate of drug-likeness (QED) is 0.306. The predicted molar refractivity (Wildman–Crippen MR) is 134 cm³/mol. The Bertz CT molecular complexity index is 1320. The molecule has 0 N–H and O–H groups in total. The number of benzene rings is 3. The topological polar surface area (TPSA) is 66.7 Å². The van der Waals surface area contributed by atoms with Crippen molar-refractivity contribution in [2.75, 3.05) is 24.5 Å². The number of amides is 1. The zero-order valence-corrected chi connectivity index (χ0v) is 20.2. The van der Waals surface area contributed by atoms with Gasteiger partial charge in [-0.3, -0.25) is 19.8 Å². The lowest BCUT2D eigenvalue weighted by Gasteiger charge is -2.40. The first-order valence-corrected chi connectivity index (χ1v) is 12.0. The average molecular weight is 514 g/mol. The summed E-state index contributed by atoms with van der Waals surface area (Å²) in [5.41, 5.74) is 2.07. The Morgan fingerprint density at radius 2 is 1.83 bits per heavy atom.